The molecular formula is C11H23NO2. The molecule has 0 fully saturated rings. The summed E-state index contributed by atoms with van der Waals surface area (Å²) in [6.45, 7) is 9.92. The summed E-state index contributed by atoms with van der Waals surface area (Å²) in [4.78, 5) is 11.5. The van der Waals surface area contributed by atoms with Gasteiger partial charge in [-0.05, 0) is 18.8 Å². The lowest BCUT2D eigenvalue weighted by Crippen LogP contribution is -2.40. The van der Waals surface area contributed by atoms with Gasteiger partial charge in [-0.15, -0.1) is 0 Å². The zero-order valence-electron chi connectivity index (χ0n) is 9.91. The van der Waals surface area contributed by atoms with Crippen LogP contribution in [0.5, 0.6) is 0 Å². The Labute approximate surface area is 87.0 Å². The number of hydrogen-bond acceptors (Lipinski definition) is 3. The van der Waals surface area contributed by atoms with Crippen molar-refractivity contribution in [3.05, 3.63) is 0 Å². The topological polar surface area (TPSA) is 52.3 Å². The molecule has 0 aliphatic rings. The lowest BCUT2D eigenvalue weighted by atomic mass is 10.00. The Hall–Kier alpha value is -0.570. The van der Waals surface area contributed by atoms with E-state index >= 15 is 0 Å². The molecule has 3 heteroatoms. The highest BCUT2D eigenvalue weighted by molar-refractivity contribution is 5.75. The Morgan fingerprint density at radius 3 is 2.14 bits per heavy atom. The number of hydrogen-bond donors (Lipinski definition) is 1. The third-order valence-corrected chi connectivity index (χ3v) is 2.77. The van der Waals surface area contributed by atoms with Crippen molar-refractivity contribution in [3.8, 4) is 0 Å². The highest BCUT2D eigenvalue weighted by Crippen LogP contribution is 2.11. The van der Waals surface area contributed by atoms with Gasteiger partial charge in [-0.1, -0.05) is 34.1 Å². The fourth-order valence-electron chi connectivity index (χ4n) is 0.884. The zero-order chi connectivity index (χ0) is 11.3. The Balaban J connectivity index is 4.07. The van der Waals surface area contributed by atoms with E-state index in [1.54, 1.807) is 0 Å². The molecule has 3 nitrogen and oxygen atoms in total. The van der Waals surface area contributed by atoms with Crippen molar-refractivity contribution in [1.82, 2.24) is 0 Å². The fourth-order valence-corrected chi connectivity index (χ4v) is 0.884. The van der Waals surface area contributed by atoms with Gasteiger partial charge in [-0.3, -0.25) is 4.79 Å². The van der Waals surface area contributed by atoms with Crippen molar-refractivity contribution < 1.29 is 9.53 Å². The molecule has 0 rings (SSSR count). The van der Waals surface area contributed by atoms with Gasteiger partial charge in [0.25, 0.3) is 0 Å². The maximum Gasteiger partial charge on any atom is 0.323 e. The van der Waals surface area contributed by atoms with Crippen LogP contribution in [0.3, 0.4) is 0 Å². The second-order valence-corrected chi connectivity index (χ2v) is 4.30. The van der Waals surface area contributed by atoms with Gasteiger partial charge in [-0.2, -0.15) is 0 Å². The van der Waals surface area contributed by atoms with Gasteiger partial charge in [0.2, 0.25) is 0 Å². The fraction of sp³-hybridized carbons (Fsp3) is 0.909. The molecule has 0 saturated carbocycles. The summed E-state index contributed by atoms with van der Waals surface area (Å²) in [6.07, 6.45) is 0.837. The van der Waals surface area contributed by atoms with E-state index in [9.17, 15) is 4.79 Å². The van der Waals surface area contributed by atoms with E-state index in [1.807, 2.05) is 34.6 Å². The van der Waals surface area contributed by atoms with Crippen LogP contribution < -0.4 is 5.73 Å². The number of rotatable bonds is 5. The van der Waals surface area contributed by atoms with Gasteiger partial charge in [0.15, 0.2) is 0 Å². The second kappa shape index (κ2) is 6.02. The molecule has 0 aromatic heterocycles. The van der Waals surface area contributed by atoms with E-state index < -0.39 is 6.04 Å². The maximum atomic E-state index is 11.5. The minimum atomic E-state index is -0.485. The van der Waals surface area contributed by atoms with Gasteiger partial charge in [0.05, 0.1) is 0 Å². The SMILES string of the molecule is CCC(C)C(N)C(=O)OC(C)C(C)C. The van der Waals surface area contributed by atoms with Crippen molar-refractivity contribution >= 4 is 5.97 Å². The average molecular weight is 201 g/mol. The number of nitrogens with two attached hydrogens (primary N) is 1. The first-order valence-electron chi connectivity index (χ1n) is 5.36. The summed E-state index contributed by atoms with van der Waals surface area (Å²) in [5.41, 5.74) is 5.75. The van der Waals surface area contributed by atoms with Crippen molar-refractivity contribution in [3.63, 3.8) is 0 Å². The van der Waals surface area contributed by atoms with Crippen LogP contribution in [-0.4, -0.2) is 18.1 Å². The number of ether oxygens (including phenoxy) is 1. The van der Waals surface area contributed by atoms with Crippen molar-refractivity contribution in [2.75, 3.05) is 0 Å². The molecule has 0 amide bonds. The van der Waals surface area contributed by atoms with Crippen molar-refractivity contribution in [1.29, 1.82) is 0 Å². The van der Waals surface area contributed by atoms with Crippen LogP contribution in [0.15, 0.2) is 0 Å². The minimum Gasteiger partial charge on any atom is -0.461 e. The first-order valence-corrected chi connectivity index (χ1v) is 5.36. The van der Waals surface area contributed by atoms with E-state index in [2.05, 4.69) is 0 Å². The van der Waals surface area contributed by atoms with E-state index in [0.717, 1.165) is 6.42 Å². The van der Waals surface area contributed by atoms with Gasteiger partial charge >= 0.3 is 5.97 Å². The van der Waals surface area contributed by atoms with Gasteiger partial charge in [0, 0.05) is 0 Å². The third kappa shape index (κ3) is 4.09. The van der Waals surface area contributed by atoms with Crippen LogP contribution >= 0.6 is 0 Å². The number of carbonyl (C=O) groups excluding carboxylic acids is 1. The molecule has 0 radical (unpaired) electrons. The first-order chi connectivity index (χ1) is 6.40. The van der Waals surface area contributed by atoms with Gasteiger partial charge < -0.3 is 10.5 Å². The average Bonchev–Trinajstić information content (AvgIpc) is 2.14. The summed E-state index contributed by atoms with van der Waals surface area (Å²) in [5, 5.41) is 0. The predicted octanol–water partition coefficient (Wildman–Crippen LogP) is 1.95. The van der Waals surface area contributed by atoms with E-state index in [1.165, 1.54) is 0 Å². The maximum absolute atomic E-state index is 11.5. The van der Waals surface area contributed by atoms with E-state index in [0.29, 0.717) is 5.92 Å². The van der Waals surface area contributed by atoms with Gasteiger partial charge in [-0.25, -0.2) is 0 Å². The smallest absolute Gasteiger partial charge is 0.323 e. The molecule has 0 spiro atoms. The summed E-state index contributed by atoms with van der Waals surface area (Å²) in [5.74, 6) is 0.241. The summed E-state index contributed by atoms with van der Waals surface area (Å²) < 4.78 is 5.23. The first kappa shape index (κ1) is 13.4. The predicted molar refractivity (Wildman–Crippen MR) is 57.8 cm³/mol. The van der Waals surface area contributed by atoms with Gasteiger partial charge in [0.1, 0.15) is 12.1 Å². The summed E-state index contributed by atoms with van der Waals surface area (Å²) >= 11 is 0. The highest BCUT2D eigenvalue weighted by Gasteiger charge is 2.23. The molecule has 3 unspecified atom stereocenters. The van der Waals surface area contributed by atoms with Crippen molar-refractivity contribution in [2.24, 2.45) is 17.6 Å². The molecule has 0 saturated heterocycles. The van der Waals surface area contributed by atoms with Crippen molar-refractivity contribution in [2.45, 2.75) is 53.2 Å². The van der Waals surface area contributed by atoms with Crippen LogP contribution in [0.25, 0.3) is 0 Å². The normalized spacial score (nSPS) is 17.6. The Kier molecular flexibility index (Phi) is 5.77. The van der Waals surface area contributed by atoms with E-state index in [-0.39, 0.29) is 18.0 Å². The standard InChI is InChI=1S/C11H23NO2/c1-6-8(4)10(12)11(13)14-9(5)7(2)3/h7-10H,6,12H2,1-5H3. The molecule has 3 atom stereocenters. The molecule has 14 heavy (non-hydrogen) atoms. The molecular weight excluding hydrogens is 178 g/mol. The van der Waals surface area contributed by atoms with E-state index in [4.69, 9.17) is 10.5 Å². The molecule has 0 bridgehead atoms. The third-order valence-electron chi connectivity index (χ3n) is 2.77. The van der Waals surface area contributed by atoms with Crippen LogP contribution in [0, 0.1) is 11.8 Å². The zero-order valence-corrected chi connectivity index (χ0v) is 9.91. The molecule has 2 N–H and O–H groups in total. The summed E-state index contributed by atoms with van der Waals surface area (Å²) in [7, 11) is 0. The Morgan fingerprint density at radius 2 is 1.79 bits per heavy atom. The lowest BCUT2D eigenvalue weighted by Gasteiger charge is -2.22. The quantitative estimate of drug-likeness (QED) is 0.692. The Bertz CT molecular complexity index is 180. The van der Waals surface area contributed by atoms with Crippen LogP contribution in [0.2, 0.25) is 0 Å². The monoisotopic (exact) mass is 201 g/mol. The molecule has 0 heterocycles. The molecule has 0 aromatic rings. The summed E-state index contributed by atoms with van der Waals surface area (Å²) in [6, 6.07) is -0.485. The Morgan fingerprint density at radius 1 is 1.29 bits per heavy atom. The van der Waals surface area contributed by atoms with Crippen LogP contribution in [0.1, 0.15) is 41.0 Å². The molecule has 84 valence electrons. The number of esters is 1. The lowest BCUT2D eigenvalue weighted by molar-refractivity contribution is -0.153. The number of carbonyl (C=O) groups is 1. The largest absolute Gasteiger partial charge is 0.461 e. The highest BCUT2D eigenvalue weighted by atomic mass is 16.5. The molecule has 0 aliphatic heterocycles. The second-order valence-electron chi connectivity index (χ2n) is 4.30. The minimum absolute atomic E-state index is 0.0578. The molecule has 0 aliphatic carbocycles. The van der Waals surface area contributed by atoms with Crippen LogP contribution in [0.4, 0.5) is 0 Å². The molecule has 0 aromatic carbocycles. The van der Waals surface area contributed by atoms with Crippen LogP contribution in [-0.2, 0) is 9.53 Å².